The number of ether oxygens (including phenoxy) is 3. The molecule has 7 aromatic rings. The fourth-order valence-corrected chi connectivity index (χ4v) is 8.86. The molecule has 9 rings (SSSR count). The highest BCUT2D eigenvalue weighted by Crippen LogP contribution is 2.55. The number of morpholine rings is 1. The molecule has 1 unspecified atom stereocenters. The normalized spacial score (nSPS) is 16.8. The van der Waals surface area contributed by atoms with Gasteiger partial charge in [0.2, 0.25) is 5.82 Å². The van der Waals surface area contributed by atoms with Crippen molar-refractivity contribution in [1.29, 1.82) is 0 Å². The number of esters is 1. The summed E-state index contributed by atoms with van der Waals surface area (Å²) in [5, 5.41) is 5.84. The van der Waals surface area contributed by atoms with Crippen LogP contribution in [0.15, 0.2) is 79.6 Å². The average molecular weight is 824 g/mol. The van der Waals surface area contributed by atoms with Crippen molar-refractivity contribution in [2.45, 2.75) is 26.7 Å². The Hall–Kier alpha value is -6.30. The number of pyridine rings is 4. The van der Waals surface area contributed by atoms with Gasteiger partial charge >= 0.3 is 5.97 Å². The van der Waals surface area contributed by atoms with Crippen LogP contribution < -0.4 is 9.80 Å². The molecule has 2 N–H and O–H groups in total. The Bertz CT molecular complexity index is 2780. The van der Waals surface area contributed by atoms with Crippen LogP contribution in [0.3, 0.4) is 0 Å². The number of aromatic amines is 1. The predicted molar refractivity (Wildman–Crippen MR) is 232 cm³/mol. The topological polar surface area (TPSA) is 158 Å². The van der Waals surface area contributed by atoms with E-state index in [0.717, 1.165) is 68.5 Å². The molecule has 1 fully saturated rings. The monoisotopic (exact) mass is 823 g/mol. The van der Waals surface area contributed by atoms with Crippen molar-refractivity contribution in [3.8, 4) is 11.1 Å². The van der Waals surface area contributed by atoms with Crippen LogP contribution in [-0.2, 0) is 43.6 Å². The zero-order valence-corrected chi connectivity index (χ0v) is 34.8. The number of carbonyl (C=O) groups excluding carboxylic acids is 2. The molecule has 0 aromatic carbocycles. The van der Waals surface area contributed by atoms with E-state index in [9.17, 15) is 9.59 Å². The summed E-state index contributed by atoms with van der Waals surface area (Å²) in [5.41, 5.74) is 7.67. The van der Waals surface area contributed by atoms with Crippen LogP contribution in [-0.4, -0.2) is 129 Å². The number of aromatic nitrogens is 7. The smallest absolute Gasteiger partial charge is 0.325 e. The van der Waals surface area contributed by atoms with Gasteiger partial charge in [-0.3, -0.25) is 14.5 Å². The molecule has 1 saturated heterocycles. The molecule has 0 aliphatic carbocycles. The molecule has 1 atom stereocenters. The highest BCUT2D eigenvalue weighted by Gasteiger charge is 2.53. The summed E-state index contributed by atoms with van der Waals surface area (Å²) < 4.78 is 20.2. The molecule has 1 amide bonds. The Labute approximate surface area is 353 Å². The molecule has 16 heteroatoms. The van der Waals surface area contributed by atoms with E-state index in [1.165, 1.54) is 0 Å². The summed E-state index contributed by atoms with van der Waals surface area (Å²) in [5.74, 6) is 0.0638. The van der Waals surface area contributed by atoms with Crippen molar-refractivity contribution in [3.63, 3.8) is 0 Å². The molecular formula is C45H49N11O5+. The largest absolute Gasteiger partial charge is 0.465 e. The van der Waals surface area contributed by atoms with Crippen LogP contribution in [0.25, 0.3) is 49.9 Å². The van der Waals surface area contributed by atoms with Crippen molar-refractivity contribution >= 4 is 62.2 Å². The second kappa shape index (κ2) is 17.0. The third kappa shape index (κ3) is 7.35. The van der Waals surface area contributed by atoms with Gasteiger partial charge in [-0.2, -0.15) is 4.48 Å². The first kappa shape index (κ1) is 40.1. The third-order valence-electron chi connectivity index (χ3n) is 11.3. The standard InChI is InChI=1S/C45H48N11O5/c1-5-61-40(58)27-54-25-36(32-10-7-14-48-43(32)54)38-23-34-30(35-24-55(29-59-4)44-31(35)9-6-15-49-44)12-16-50-45(34)56(38,28-39(57)46-17-18-53-19-21-60-22-20-53)41-33-11-8-13-47-42(33)51-37(41)26-52(2)3/h6-16,24-25H,5,17-22,26-29H2,1-4H3,(H-,46,47,51,57)/p+1. The lowest BCUT2D eigenvalue weighted by Gasteiger charge is -2.35. The Morgan fingerprint density at radius 1 is 0.902 bits per heavy atom. The van der Waals surface area contributed by atoms with Gasteiger partial charge < -0.3 is 38.5 Å². The van der Waals surface area contributed by atoms with Gasteiger partial charge in [0.1, 0.15) is 30.2 Å². The number of carbonyl (C=O) groups is 2. The van der Waals surface area contributed by atoms with E-state index in [-0.39, 0.29) is 36.1 Å². The van der Waals surface area contributed by atoms with Crippen LogP contribution in [0, 0.1) is 6.08 Å². The quantitative estimate of drug-likeness (QED) is 0.108. The van der Waals surface area contributed by atoms with Gasteiger partial charge in [-0.15, -0.1) is 0 Å². The maximum Gasteiger partial charge on any atom is 0.325 e. The first-order valence-corrected chi connectivity index (χ1v) is 20.5. The minimum Gasteiger partial charge on any atom is -0.465 e. The number of quaternary nitrogens is 1. The lowest BCUT2D eigenvalue weighted by Crippen LogP contribution is -2.50. The summed E-state index contributed by atoms with van der Waals surface area (Å²) in [6.07, 6.45) is 14.9. The van der Waals surface area contributed by atoms with Crippen molar-refractivity contribution in [2.24, 2.45) is 0 Å². The van der Waals surface area contributed by atoms with Gasteiger partial charge in [0, 0.05) is 98.9 Å². The minimum atomic E-state index is -0.384. The Morgan fingerprint density at radius 2 is 1.61 bits per heavy atom. The second-order valence-electron chi connectivity index (χ2n) is 15.5. The average Bonchev–Trinajstić information content (AvgIpc) is 4.01. The van der Waals surface area contributed by atoms with E-state index < -0.39 is 0 Å². The lowest BCUT2D eigenvalue weighted by molar-refractivity contribution is -0.143. The third-order valence-corrected chi connectivity index (χ3v) is 11.3. The summed E-state index contributed by atoms with van der Waals surface area (Å²) >= 11 is 0. The lowest BCUT2D eigenvalue weighted by atomic mass is 10.0. The van der Waals surface area contributed by atoms with E-state index in [1.54, 1.807) is 32.6 Å². The molecule has 7 aromatic heterocycles. The van der Waals surface area contributed by atoms with Gasteiger partial charge in [0.05, 0.1) is 48.1 Å². The van der Waals surface area contributed by atoms with Crippen molar-refractivity contribution < 1.29 is 23.8 Å². The molecule has 1 radical (unpaired) electrons. The van der Waals surface area contributed by atoms with Gasteiger partial charge in [0.25, 0.3) is 5.91 Å². The molecule has 9 heterocycles. The molecule has 0 spiro atoms. The number of fused-ring (bicyclic) bond motifs is 4. The summed E-state index contributed by atoms with van der Waals surface area (Å²) in [7, 11) is 5.69. The van der Waals surface area contributed by atoms with Crippen LogP contribution in [0.1, 0.15) is 23.7 Å². The maximum absolute atomic E-state index is 14.9. The van der Waals surface area contributed by atoms with E-state index in [4.69, 9.17) is 34.1 Å². The number of methoxy groups -OCH3 is 1. The molecular weight excluding hydrogens is 775 g/mol. The second-order valence-corrected chi connectivity index (χ2v) is 15.5. The molecule has 0 bridgehead atoms. The highest BCUT2D eigenvalue weighted by molar-refractivity contribution is 6.08. The number of hydrogen-bond donors (Lipinski definition) is 2. The first-order valence-electron chi connectivity index (χ1n) is 20.5. The van der Waals surface area contributed by atoms with E-state index >= 15 is 0 Å². The predicted octanol–water partition coefficient (Wildman–Crippen LogP) is 4.85. The first-order chi connectivity index (χ1) is 29.8. The molecule has 2 aliphatic rings. The highest BCUT2D eigenvalue weighted by atomic mass is 16.5. The van der Waals surface area contributed by atoms with E-state index in [2.05, 4.69) is 32.2 Å². The molecule has 2 aliphatic heterocycles. The molecule has 16 nitrogen and oxygen atoms in total. The fourth-order valence-electron chi connectivity index (χ4n) is 8.86. The van der Waals surface area contributed by atoms with Gasteiger partial charge in [-0.1, -0.05) is 0 Å². The zero-order valence-electron chi connectivity index (χ0n) is 34.8. The summed E-state index contributed by atoms with van der Waals surface area (Å²) in [6, 6.07) is 13.8. The number of nitrogens with zero attached hydrogens (tertiary/aromatic N) is 9. The van der Waals surface area contributed by atoms with Gasteiger partial charge in [-0.25, -0.2) is 19.9 Å². The number of rotatable bonds is 15. The van der Waals surface area contributed by atoms with Crippen molar-refractivity contribution in [1.82, 2.24) is 53.7 Å². The van der Waals surface area contributed by atoms with Gasteiger partial charge in [-0.05, 0) is 63.5 Å². The Balaban J connectivity index is 1.32. The molecule has 313 valence electrons. The van der Waals surface area contributed by atoms with E-state index in [0.29, 0.717) is 62.4 Å². The summed E-state index contributed by atoms with van der Waals surface area (Å²) in [4.78, 5) is 55.6. The number of hydrogen-bond acceptors (Lipinski definition) is 11. The van der Waals surface area contributed by atoms with Crippen LogP contribution in [0.4, 0.5) is 11.5 Å². The van der Waals surface area contributed by atoms with E-state index in [1.807, 2.05) is 78.2 Å². The fraction of sp³-hybridized carbons (Fsp3) is 0.333. The Kier molecular flexibility index (Phi) is 11.2. The molecule has 0 saturated carbocycles. The SMILES string of the molecule is CCOC(=O)Cn1cc(C2=[C]c3c(-c4cn(COC)c5ncccc45)ccnc3[N+]2(CC(=O)NCCN2CCOCC2)c2c(CN(C)C)[nH]c3ncccc23)c2cccnc21. The van der Waals surface area contributed by atoms with Crippen molar-refractivity contribution in [3.05, 3.63) is 103 Å². The summed E-state index contributed by atoms with van der Waals surface area (Å²) in [6.45, 7) is 6.86. The Morgan fingerprint density at radius 3 is 2.34 bits per heavy atom. The number of nitrogens with one attached hydrogen (secondary N) is 2. The minimum absolute atomic E-state index is 0.0536. The van der Waals surface area contributed by atoms with Crippen LogP contribution in [0.5, 0.6) is 0 Å². The van der Waals surface area contributed by atoms with Gasteiger partial charge in [0.15, 0.2) is 17.9 Å². The maximum atomic E-state index is 14.9. The van der Waals surface area contributed by atoms with Crippen LogP contribution >= 0.6 is 0 Å². The molecule has 61 heavy (non-hydrogen) atoms. The number of amides is 1. The zero-order chi connectivity index (χ0) is 42.1. The van der Waals surface area contributed by atoms with Crippen molar-refractivity contribution in [2.75, 3.05) is 73.7 Å². The number of H-pyrrole nitrogens is 1. The van der Waals surface area contributed by atoms with Crippen LogP contribution in [0.2, 0.25) is 0 Å².